The zero-order chi connectivity index (χ0) is 26.6. The second-order valence-corrected chi connectivity index (χ2v) is 10.5. The number of esters is 1. The van der Waals surface area contributed by atoms with E-state index < -0.39 is 40.8 Å². The molecule has 3 aliphatic rings. The van der Waals surface area contributed by atoms with Crippen molar-refractivity contribution in [1.29, 1.82) is 0 Å². The summed E-state index contributed by atoms with van der Waals surface area (Å²) in [5.74, 6) is -2.65. The van der Waals surface area contributed by atoms with E-state index in [4.69, 9.17) is 9.57 Å². The highest BCUT2D eigenvalue weighted by molar-refractivity contribution is 7.17. The average Bonchev–Trinajstić information content (AvgIpc) is 3.59. The normalized spacial score (nSPS) is 22.4. The van der Waals surface area contributed by atoms with Crippen molar-refractivity contribution in [3.05, 3.63) is 86.3 Å². The number of carbonyl (C=O) groups is 3. The number of hydroxylamine groups is 1. The first-order valence-electron chi connectivity index (χ1n) is 12.3. The van der Waals surface area contributed by atoms with Crippen molar-refractivity contribution in [3.63, 3.8) is 0 Å². The maximum Gasteiger partial charge on any atom is 0.341 e. The number of anilines is 2. The number of ether oxygens (including phenoxy) is 1. The minimum Gasteiger partial charge on any atom is -0.465 e. The van der Waals surface area contributed by atoms with E-state index in [-0.39, 0.29) is 16.3 Å². The summed E-state index contributed by atoms with van der Waals surface area (Å²) in [6, 6.07) is 14.2. The molecule has 0 spiro atoms. The number of nitro groups is 1. The molecule has 2 fully saturated rings. The Morgan fingerprint density at radius 1 is 1.08 bits per heavy atom. The number of aryl methyl sites for hydroxylation is 1. The van der Waals surface area contributed by atoms with Gasteiger partial charge in [-0.3, -0.25) is 24.5 Å². The third-order valence-corrected chi connectivity index (χ3v) is 8.57. The molecule has 10 nitrogen and oxygen atoms in total. The highest BCUT2D eigenvalue weighted by Crippen LogP contribution is 2.50. The lowest BCUT2D eigenvalue weighted by Gasteiger charge is -2.28. The van der Waals surface area contributed by atoms with Gasteiger partial charge in [0, 0.05) is 17.0 Å². The second-order valence-electron chi connectivity index (χ2n) is 9.40. The number of imide groups is 1. The molecule has 0 N–H and O–H groups in total. The van der Waals surface area contributed by atoms with E-state index in [2.05, 4.69) is 0 Å². The molecule has 3 aromatic rings. The van der Waals surface area contributed by atoms with Gasteiger partial charge in [0.2, 0.25) is 5.91 Å². The number of nitro benzene ring substituents is 1. The Bertz CT molecular complexity index is 1470. The maximum absolute atomic E-state index is 14.1. The van der Waals surface area contributed by atoms with Crippen molar-refractivity contribution >= 4 is 45.5 Å². The van der Waals surface area contributed by atoms with Crippen LogP contribution in [-0.2, 0) is 32.0 Å². The Labute approximate surface area is 221 Å². The number of thiophene rings is 1. The molecule has 3 heterocycles. The number of carbonyl (C=O) groups excluding carboxylic acids is 3. The monoisotopic (exact) mass is 533 g/mol. The summed E-state index contributed by atoms with van der Waals surface area (Å²) in [6.45, 7) is 0. The van der Waals surface area contributed by atoms with Crippen LogP contribution < -0.4 is 9.96 Å². The van der Waals surface area contributed by atoms with Crippen LogP contribution in [0.4, 0.5) is 16.4 Å². The highest BCUT2D eigenvalue weighted by Gasteiger charge is 2.61. The largest absolute Gasteiger partial charge is 0.465 e. The van der Waals surface area contributed by atoms with Crippen LogP contribution in [0.1, 0.15) is 45.2 Å². The first kappa shape index (κ1) is 24.3. The van der Waals surface area contributed by atoms with Crippen LogP contribution in [-0.4, -0.2) is 35.9 Å². The predicted octanol–water partition coefficient (Wildman–Crippen LogP) is 4.37. The molecule has 194 valence electrons. The summed E-state index contributed by atoms with van der Waals surface area (Å²) in [5.41, 5.74) is 2.04. The van der Waals surface area contributed by atoms with E-state index in [0.29, 0.717) is 17.7 Å². The van der Waals surface area contributed by atoms with Crippen molar-refractivity contribution in [2.45, 2.75) is 37.8 Å². The van der Waals surface area contributed by atoms with Crippen LogP contribution in [0.5, 0.6) is 0 Å². The molecule has 2 aromatic carbocycles. The number of non-ortho nitro benzene ring substituents is 1. The number of methoxy groups -OCH3 is 1. The molecule has 0 saturated carbocycles. The quantitative estimate of drug-likeness (QED) is 0.205. The van der Waals surface area contributed by atoms with Gasteiger partial charge in [-0.1, -0.05) is 30.3 Å². The SMILES string of the molecule is COC(=O)c1c(N2C(=O)[C@@H]3[C@@H](ON(c4ccccc4)[C@H]3c3cccc([N+](=O)[O-])c3)C2=O)sc2c1CCCC2. The maximum atomic E-state index is 14.1. The molecule has 6 rings (SSSR count). The molecule has 1 aromatic heterocycles. The number of nitrogens with zero attached hydrogens (tertiary/aromatic N) is 3. The molecule has 0 bridgehead atoms. The van der Waals surface area contributed by atoms with Crippen LogP contribution >= 0.6 is 11.3 Å². The van der Waals surface area contributed by atoms with Gasteiger partial charge in [0.15, 0.2) is 6.10 Å². The minimum atomic E-state index is -1.16. The van der Waals surface area contributed by atoms with Gasteiger partial charge in [-0.25, -0.2) is 14.8 Å². The number of hydrogen-bond donors (Lipinski definition) is 0. The topological polar surface area (TPSA) is 119 Å². The number of rotatable bonds is 5. The molecular formula is C27H23N3O7S. The third kappa shape index (κ3) is 3.69. The third-order valence-electron chi connectivity index (χ3n) is 7.29. The lowest BCUT2D eigenvalue weighted by atomic mass is 9.90. The molecule has 2 amide bonds. The summed E-state index contributed by atoms with van der Waals surface area (Å²) in [6.07, 6.45) is 2.15. The molecule has 0 unspecified atom stereocenters. The fraction of sp³-hybridized carbons (Fsp3) is 0.296. The van der Waals surface area contributed by atoms with Crippen LogP contribution in [0.3, 0.4) is 0 Å². The first-order valence-corrected chi connectivity index (χ1v) is 13.1. The van der Waals surface area contributed by atoms with E-state index in [0.717, 1.165) is 34.6 Å². The van der Waals surface area contributed by atoms with E-state index in [9.17, 15) is 24.5 Å². The summed E-state index contributed by atoms with van der Waals surface area (Å²) in [4.78, 5) is 59.9. The van der Waals surface area contributed by atoms with E-state index in [1.807, 2.05) is 6.07 Å². The van der Waals surface area contributed by atoms with Gasteiger partial charge in [0.05, 0.1) is 29.3 Å². The first-order chi connectivity index (χ1) is 18.4. The Hall–Kier alpha value is -4.09. The number of benzene rings is 2. The van der Waals surface area contributed by atoms with Crippen LogP contribution in [0.25, 0.3) is 0 Å². The fourth-order valence-corrected chi connectivity index (χ4v) is 6.98. The van der Waals surface area contributed by atoms with E-state index in [1.165, 1.54) is 35.6 Å². The zero-order valence-corrected chi connectivity index (χ0v) is 21.2. The van der Waals surface area contributed by atoms with Crippen molar-refractivity contribution in [2.75, 3.05) is 17.1 Å². The number of amides is 2. The molecule has 38 heavy (non-hydrogen) atoms. The van der Waals surface area contributed by atoms with Crippen LogP contribution in [0.15, 0.2) is 54.6 Å². The summed E-state index contributed by atoms with van der Waals surface area (Å²) in [5, 5.41) is 13.3. The standard InChI is InChI=1S/C27H23N3O7S/c1-36-27(33)20-18-12-5-6-13-19(18)38-26(20)28-24(31)21-22(15-8-7-11-17(14-15)30(34)35)29(37-23(21)25(28)32)16-9-3-2-4-10-16/h2-4,7-11,14,21-23H,5-6,12-13H2,1H3/t21-,22-,23+/m0/s1. The molecule has 2 aliphatic heterocycles. The molecular weight excluding hydrogens is 510 g/mol. The van der Waals surface area contributed by atoms with E-state index in [1.54, 1.807) is 36.4 Å². The Morgan fingerprint density at radius 2 is 1.84 bits per heavy atom. The number of para-hydroxylation sites is 1. The van der Waals surface area contributed by atoms with Crippen LogP contribution in [0, 0.1) is 16.0 Å². The van der Waals surface area contributed by atoms with Gasteiger partial charge in [-0.15, -0.1) is 11.3 Å². The van der Waals surface area contributed by atoms with Crippen molar-refractivity contribution in [1.82, 2.24) is 0 Å². The smallest absolute Gasteiger partial charge is 0.341 e. The van der Waals surface area contributed by atoms with E-state index >= 15 is 0 Å². The van der Waals surface area contributed by atoms with Crippen molar-refractivity contribution in [2.24, 2.45) is 5.92 Å². The Morgan fingerprint density at radius 3 is 2.58 bits per heavy atom. The highest BCUT2D eigenvalue weighted by atomic mass is 32.1. The molecule has 2 saturated heterocycles. The Balaban J connectivity index is 1.46. The van der Waals surface area contributed by atoms with Gasteiger partial charge >= 0.3 is 5.97 Å². The van der Waals surface area contributed by atoms with Crippen LogP contribution in [0.2, 0.25) is 0 Å². The minimum absolute atomic E-state index is 0.133. The summed E-state index contributed by atoms with van der Waals surface area (Å²) >= 11 is 1.27. The average molecular weight is 534 g/mol. The molecule has 1 aliphatic carbocycles. The lowest BCUT2D eigenvalue weighted by Crippen LogP contribution is -2.37. The summed E-state index contributed by atoms with van der Waals surface area (Å²) in [7, 11) is 1.28. The van der Waals surface area contributed by atoms with Crippen molar-refractivity contribution in [3.8, 4) is 0 Å². The van der Waals surface area contributed by atoms with Crippen molar-refractivity contribution < 1.29 is 28.9 Å². The number of hydrogen-bond acceptors (Lipinski definition) is 9. The Kier molecular flexibility index (Phi) is 5.96. The lowest BCUT2D eigenvalue weighted by molar-refractivity contribution is -0.384. The fourth-order valence-electron chi connectivity index (χ4n) is 5.60. The predicted molar refractivity (Wildman–Crippen MR) is 138 cm³/mol. The van der Waals surface area contributed by atoms with Gasteiger partial charge in [-0.2, -0.15) is 0 Å². The summed E-state index contributed by atoms with van der Waals surface area (Å²) < 4.78 is 5.04. The van der Waals surface area contributed by atoms with Gasteiger partial charge in [0.25, 0.3) is 11.6 Å². The zero-order valence-electron chi connectivity index (χ0n) is 20.4. The molecule has 0 radical (unpaired) electrons. The van der Waals surface area contributed by atoms with Gasteiger partial charge < -0.3 is 4.74 Å². The number of fused-ring (bicyclic) bond motifs is 2. The molecule has 3 atom stereocenters. The second kappa shape index (κ2) is 9.34. The molecule has 11 heteroatoms. The van der Waals surface area contributed by atoms with Gasteiger partial charge in [-0.05, 0) is 48.9 Å². The van der Waals surface area contributed by atoms with Gasteiger partial charge in [0.1, 0.15) is 10.9 Å².